The number of nitrogens with zero attached hydrogens (tertiary/aromatic N) is 1. The van der Waals surface area contributed by atoms with Crippen LogP contribution in [0.2, 0.25) is 0 Å². The van der Waals surface area contributed by atoms with E-state index in [-0.39, 0.29) is 29.8 Å². The quantitative estimate of drug-likeness (QED) is 0.564. The monoisotopic (exact) mass is 450 g/mol. The number of hydrogen-bond donors (Lipinski definition) is 1. The molecule has 3 amide bonds. The lowest BCUT2D eigenvalue weighted by molar-refractivity contribution is -0.139. The first-order valence-electron chi connectivity index (χ1n) is 12.3. The Morgan fingerprint density at radius 1 is 1.09 bits per heavy atom. The number of carbonyl (C=O) groups excluding carboxylic acids is 3. The van der Waals surface area contributed by atoms with E-state index in [0.29, 0.717) is 25.4 Å². The summed E-state index contributed by atoms with van der Waals surface area (Å²) in [6.45, 7) is 4.18. The molecule has 0 radical (unpaired) electrons. The number of imide groups is 1. The third kappa shape index (κ3) is 6.23. The molecule has 4 rings (SSSR count). The van der Waals surface area contributed by atoms with Gasteiger partial charge >= 0.3 is 0 Å². The summed E-state index contributed by atoms with van der Waals surface area (Å²) in [5.41, 5.74) is 1.72. The highest BCUT2D eigenvalue weighted by atomic mass is 16.5. The zero-order chi connectivity index (χ0) is 23.2. The summed E-state index contributed by atoms with van der Waals surface area (Å²) < 4.78 is 5.95. The largest absolute Gasteiger partial charge is 0.365 e. The highest BCUT2D eigenvalue weighted by molar-refractivity contribution is 6.00. The standard InChI is InChI=1S/C27H34N2O4/c1-19-7-9-21(10-8-19)27(32)29-15-13-23(14-16-29)33-17-3-5-20-4-2-6-22(18-20)24-11-12-25(30)28-26(24)31/h2,4,6,18-19,21,23-24H,7-17H2,1H3,(H,28,30,31). The van der Waals surface area contributed by atoms with Crippen LogP contribution in [0.3, 0.4) is 0 Å². The zero-order valence-electron chi connectivity index (χ0n) is 19.5. The Bertz CT molecular complexity index is 931. The Hall–Kier alpha value is -2.65. The molecule has 1 saturated carbocycles. The van der Waals surface area contributed by atoms with Crippen molar-refractivity contribution in [3.8, 4) is 11.8 Å². The van der Waals surface area contributed by atoms with Gasteiger partial charge in [-0.25, -0.2) is 0 Å². The van der Waals surface area contributed by atoms with Gasteiger partial charge < -0.3 is 9.64 Å². The van der Waals surface area contributed by atoms with E-state index in [1.54, 1.807) is 0 Å². The van der Waals surface area contributed by atoms with Crippen LogP contribution in [0.5, 0.6) is 0 Å². The van der Waals surface area contributed by atoms with Crippen LogP contribution in [0.1, 0.15) is 75.3 Å². The Balaban J connectivity index is 1.21. The SMILES string of the molecule is CC1CCC(C(=O)N2CCC(OCC#Cc3cccc(C4CCC(=O)NC4=O)c3)CC2)CC1. The molecule has 1 unspecified atom stereocenters. The fourth-order valence-electron chi connectivity index (χ4n) is 5.15. The van der Waals surface area contributed by atoms with Crippen LogP contribution in [0, 0.1) is 23.7 Å². The van der Waals surface area contributed by atoms with Crippen LogP contribution >= 0.6 is 0 Å². The molecule has 2 aliphatic heterocycles. The average molecular weight is 451 g/mol. The summed E-state index contributed by atoms with van der Waals surface area (Å²) in [5.74, 6) is 6.79. The van der Waals surface area contributed by atoms with Gasteiger partial charge in [-0.2, -0.15) is 0 Å². The molecule has 33 heavy (non-hydrogen) atoms. The Morgan fingerprint density at radius 2 is 1.85 bits per heavy atom. The van der Waals surface area contributed by atoms with Crippen LogP contribution in [-0.4, -0.2) is 48.4 Å². The van der Waals surface area contributed by atoms with Gasteiger partial charge in [0, 0.05) is 31.0 Å². The molecule has 3 fully saturated rings. The van der Waals surface area contributed by atoms with E-state index in [2.05, 4.69) is 24.1 Å². The Labute approximate surface area is 196 Å². The van der Waals surface area contributed by atoms with Gasteiger partial charge in [-0.3, -0.25) is 19.7 Å². The summed E-state index contributed by atoms with van der Waals surface area (Å²) in [4.78, 5) is 38.3. The van der Waals surface area contributed by atoms with Crippen LogP contribution in [-0.2, 0) is 19.1 Å². The van der Waals surface area contributed by atoms with Gasteiger partial charge in [0.25, 0.3) is 0 Å². The van der Waals surface area contributed by atoms with E-state index < -0.39 is 0 Å². The first kappa shape index (κ1) is 23.5. The zero-order valence-corrected chi connectivity index (χ0v) is 19.5. The molecule has 1 atom stereocenters. The first-order valence-corrected chi connectivity index (χ1v) is 12.3. The molecule has 0 aromatic heterocycles. The smallest absolute Gasteiger partial charge is 0.234 e. The van der Waals surface area contributed by atoms with Crippen molar-refractivity contribution < 1.29 is 19.1 Å². The lowest BCUT2D eigenvalue weighted by atomic mass is 9.82. The molecule has 176 valence electrons. The molecule has 0 bridgehead atoms. The Kier molecular flexibility index (Phi) is 7.82. The van der Waals surface area contributed by atoms with Crippen molar-refractivity contribution in [1.82, 2.24) is 10.2 Å². The van der Waals surface area contributed by atoms with Gasteiger partial charge in [0.1, 0.15) is 6.61 Å². The van der Waals surface area contributed by atoms with Crippen molar-refractivity contribution in [3.05, 3.63) is 35.4 Å². The van der Waals surface area contributed by atoms with Gasteiger partial charge in [0.2, 0.25) is 17.7 Å². The van der Waals surface area contributed by atoms with Gasteiger partial charge in [-0.15, -0.1) is 0 Å². The summed E-state index contributed by atoms with van der Waals surface area (Å²) in [7, 11) is 0. The summed E-state index contributed by atoms with van der Waals surface area (Å²) in [5, 5.41) is 2.41. The van der Waals surface area contributed by atoms with Crippen molar-refractivity contribution in [2.75, 3.05) is 19.7 Å². The van der Waals surface area contributed by atoms with E-state index in [1.807, 2.05) is 29.2 Å². The van der Waals surface area contributed by atoms with Gasteiger partial charge in [0.15, 0.2) is 0 Å². The molecule has 1 aromatic rings. The minimum atomic E-state index is -0.300. The average Bonchev–Trinajstić information content (AvgIpc) is 2.82. The normalized spacial score (nSPS) is 26.3. The fraction of sp³-hybridized carbons (Fsp3) is 0.593. The number of carbonyl (C=O) groups is 3. The molecule has 2 saturated heterocycles. The van der Waals surface area contributed by atoms with Crippen molar-refractivity contribution >= 4 is 17.7 Å². The summed E-state index contributed by atoms with van der Waals surface area (Å²) in [6.07, 6.45) is 7.19. The maximum Gasteiger partial charge on any atom is 0.234 e. The van der Waals surface area contributed by atoms with Crippen LogP contribution < -0.4 is 5.32 Å². The van der Waals surface area contributed by atoms with Crippen molar-refractivity contribution in [2.45, 2.75) is 70.3 Å². The minimum Gasteiger partial charge on any atom is -0.365 e. The van der Waals surface area contributed by atoms with E-state index in [0.717, 1.165) is 55.8 Å². The van der Waals surface area contributed by atoms with Crippen LogP contribution in [0.4, 0.5) is 0 Å². The molecule has 3 aliphatic rings. The van der Waals surface area contributed by atoms with E-state index in [4.69, 9.17) is 4.74 Å². The van der Waals surface area contributed by atoms with E-state index in [1.165, 1.54) is 12.8 Å². The number of ether oxygens (including phenoxy) is 1. The van der Waals surface area contributed by atoms with Crippen LogP contribution in [0.25, 0.3) is 0 Å². The number of hydrogen-bond acceptors (Lipinski definition) is 4. The molecule has 6 heteroatoms. The maximum atomic E-state index is 12.8. The van der Waals surface area contributed by atoms with Gasteiger partial charge in [-0.05, 0) is 68.6 Å². The van der Waals surface area contributed by atoms with Gasteiger partial charge in [0.05, 0.1) is 12.0 Å². The van der Waals surface area contributed by atoms with E-state index >= 15 is 0 Å². The third-order valence-corrected chi connectivity index (χ3v) is 7.27. The van der Waals surface area contributed by atoms with Crippen molar-refractivity contribution in [2.24, 2.45) is 11.8 Å². The second-order valence-corrected chi connectivity index (χ2v) is 9.72. The molecule has 1 aromatic carbocycles. The van der Waals surface area contributed by atoms with Crippen molar-refractivity contribution in [3.63, 3.8) is 0 Å². The number of nitrogens with one attached hydrogen (secondary N) is 1. The molecule has 1 aliphatic carbocycles. The second kappa shape index (κ2) is 11.0. The predicted octanol–water partition coefficient (Wildman–Crippen LogP) is 3.39. The highest BCUT2D eigenvalue weighted by Crippen LogP contribution is 2.30. The first-order chi connectivity index (χ1) is 16.0. The highest BCUT2D eigenvalue weighted by Gasteiger charge is 2.31. The molecule has 2 heterocycles. The number of piperidine rings is 2. The molecule has 0 spiro atoms. The van der Waals surface area contributed by atoms with Crippen LogP contribution in [0.15, 0.2) is 24.3 Å². The molecule has 6 nitrogen and oxygen atoms in total. The molecular weight excluding hydrogens is 416 g/mol. The summed E-state index contributed by atoms with van der Waals surface area (Å²) >= 11 is 0. The van der Waals surface area contributed by atoms with Gasteiger partial charge in [-0.1, -0.05) is 30.9 Å². The topological polar surface area (TPSA) is 75.7 Å². The lowest BCUT2D eigenvalue weighted by Crippen LogP contribution is -2.44. The Morgan fingerprint density at radius 3 is 2.58 bits per heavy atom. The van der Waals surface area contributed by atoms with Crippen molar-refractivity contribution in [1.29, 1.82) is 0 Å². The number of amides is 3. The number of benzene rings is 1. The fourth-order valence-corrected chi connectivity index (χ4v) is 5.15. The molecular formula is C27H34N2O4. The third-order valence-electron chi connectivity index (χ3n) is 7.27. The predicted molar refractivity (Wildman–Crippen MR) is 125 cm³/mol. The van der Waals surface area contributed by atoms with E-state index in [9.17, 15) is 14.4 Å². The molecule has 1 N–H and O–H groups in total. The minimum absolute atomic E-state index is 0.143. The number of rotatable bonds is 4. The lowest BCUT2D eigenvalue weighted by Gasteiger charge is -2.35. The maximum absolute atomic E-state index is 12.8. The number of likely N-dealkylation sites (tertiary alicyclic amines) is 1. The summed E-state index contributed by atoms with van der Waals surface area (Å²) in [6, 6.07) is 7.63. The second-order valence-electron chi connectivity index (χ2n) is 9.72.